The molecule has 0 N–H and O–H groups in total. The quantitative estimate of drug-likeness (QED) is 0.851. The zero-order valence-electron chi connectivity index (χ0n) is 10.00. The summed E-state index contributed by atoms with van der Waals surface area (Å²) in [7, 11) is 0. The number of hydrogen-bond acceptors (Lipinski definition) is 2. The standard InChI is InChI=1S/C13H11BrF2N2O/c14-8-6-10(15)12(11(16)7-8)13(19)18(5-1-4-17)9-2-3-9/h6-7,9H,1-3,5H2. The van der Waals surface area contributed by atoms with Gasteiger partial charge in [0, 0.05) is 17.1 Å². The topological polar surface area (TPSA) is 44.1 Å². The predicted molar refractivity (Wildman–Crippen MR) is 68.3 cm³/mol. The highest BCUT2D eigenvalue weighted by molar-refractivity contribution is 9.10. The molecule has 1 aliphatic rings. The zero-order valence-corrected chi connectivity index (χ0v) is 11.6. The van der Waals surface area contributed by atoms with E-state index in [0.29, 0.717) is 0 Å². The Hall–Kier alpha value is -1.48. The summed E-state index contributed by atoms with van der Waals surface area (Å²) in [5, 5.41) is 8.57. The van der Waals surface area contributed by atoms with Gasteiger partial charge >= 0.3 is 0 Å². The number of halogens is 3. The van der Waals surface area contributed by atoms with Crippen LogP contribution in [0.15, 0.2) is 16.6 Å². The summed E-state index contributed by atoms with van der Waals surface area (Å²) >= 11 is 2.97. The van der Waals surface area contributed by atoms with Crippen molar-refractivity contribution in [1.82, 2.24) is 4.90 Å². The van der Waals surface area contributed by atoms with Crippen LogP contribution in [-0.2, 0) is 0 Å². The van der Waals surface area contributed by atoms with Crippen LogP contribution in [0.5, 0.6) is 0 Å². The normalized spacial score (nSPS) is 14.0. The maximum atomic E-state index is 13.7. The highest BCUT2D eigenvalue weighted by Gasteiger charge is 2.35. The number of nitriles is 1. The molecule has 1 fully saturated rings. The van der Waals surface area contributed by atoms with Crippen LogP contribution in [0, 0.1) is 23.0 Å². The highest BCUT2D eigenvalue weighted by atomic mass is 79.9. The van der Waals surface area contributed by atoms with Gasteiger partial charge in [-0.15, -0.1) is 0 Å². The summed E-state index contributed by atoms with van der Waals surface area (Å²) in [4.78, 5) is 13.6. The molecule has 100 valence electrons. The van der Waals surface area contributed by atoms with E-state index in [-0.39, 0.29) is 23.5 Å². The molecule has 6 heteroatoms. The van der Waals surface area contributed by atoms with Gasteiger partial charge in [0.15, 0.2) is 0 Å². The Labute approximate surface area is 117 Å². The molecule has 0 unspecified atom stereocenters. The first-order valence-electron chi connectivity index (χ1n) is 5.87. The predicted octanol–water partition coefficient (Wildman–Crippen LogP) is 3.25. The fourth-order valence-electron chi connectivity index (χ4n) is 1.90. The summed E-state index contributed by atoms with van der Waals surface area (Å²) in [6.07, 6.45) is 1.79. The number of carbonyl (C=O) groups excluding carboxylic acids is 1. The van der Waals surface area contributed by atoms with E-state index in [9.17, 15) is 13.6 Å². The summed E-state index contributed by atoms with van der Waals surface area (Å²) in [6, 6.07) is 4.06. The molecule has 3 nitrogen and oxygen atoms in total. The molecule has 0 aromatic heterocycles. The second kappa shape index (κ2) is 5.66. The summed E-state index contributed by atoms with van der Waals surface area (Å²) in [5.74, 6) is -2.46. The lowest BCUT2D eigenvalue weighted by Crippen LogP contribution is -2.35. The molecule has 1 saturated carbocycles. The third kappa shape index (κ3) is 3.10. The highest BCUT2D eigenvalue weighted by Crippen LogP contribution is 2.30. The molecule has 0 aliphatic heterocycles. The molecule has 1 aliphatic carbocycles. The van der Waals surface area contributed by atoms with Crippen molar-refractivity contribution in [3.8, 4) is 6.07 Å². The smallest absolute Gasteiger partial charge is 0.260 e. The van der Waals surface area contributed by atoms with Crippen LogP contribution in [-0.4, -0.2) is 23.4 Å². The van der Waals surface area contributed by atoms with Crippen molar-refractivity contribution in [2.45, 2.75) is 25.3 Å². The molecule has 19 heavy (non-hydrogen) atoms. The van der Waals surface area contributed by atoms with Crippen LogP contribution >= 0.6 is 15.9 Å². The molecular formula is C13H11BrF2N2O. The molecule has 1 amide bonds. The first-order chi connectivity index (χ1) is 9.04. The first kappa shape index (κ1) is 13.9. The molecule has 0 bridgehead atoms. The number of amides is 1. The van der Waals surface area contributed by atoms with Crippen molar-refractivity contribution in [2.24, 2.45) is 0 Å². The average molecular weight is 329 g/mol. The number of benzene rings is 1. The van der Waals surface area contributed by atoms with Crippen LogP contribution in [0.25, 0.3) is 0 Å². The third-order valence-corrected chi connectivity index (χ3v) is 3.39. The second-order valence-electron chi connectivity index (χ2n) is 4.38. The van der Waals surface area contributed by atoms with E-state index in [4.69, 9.17) is 5.26 Å². The van der Waals surface area contributed by atoms with Gasteiger partial charge in [-0.05, 0) is 25.0 Å². The Morgan fingerprint density at radius 1 is 1.42 bits per heavy atom. The van der Waals surface area contributed by atoms with E-state index in [1.54, 1.807) is 0 Å². The van der Waals surface area contributed by atoms with Crippen molar-refractivity contribution < 1.29 is 13.6 Å². The van der Waals surface area contributed by atoms with Gasteiger partial charge < -0.3 is 4.90 Å². The van der Waals surface area contributed by atoms with Crippen molar-refractivity contribution in [1.29, 1.82) is 5.26 Å². The molecule has 0 spiro atoms. The number of rotatable bonds is 4. The zero-order chi connectivity index (χ0) is 14.0. The molecule has 2 rings (SSSR count). The van der Waals surface area contributed by atoms with E-state index in [0.717, 1.165) is 25.0 Å². The largest absolute Gasteiger partial charge is 0.334 e. The van der Waals surface area contributed by atoms with E-state index in [1.807, 2.05) is 6.07 Å². The van der Waals surface area contributed by atoms with Gasteiger partial charge in [0.1, 0.15) is 17.2 Å². The Kier molecular flexibility index (Phi) is 4.15. The lowest BCUT2D eigenvalue weighted by Gasteiger charge is -2.21. The summed E-state index contributed by atoms with van der Waals surface area (Å²) < 4.78 is 27.7. The lowest BCUT2D eigenvalue weighted by atomic mass is 10.1. The first-order valence-corrected chi connectivity index (χ1v) is 6.66. The van der Waals surface area contributed by atoms with Crippen LogP contribution in [0.1, 0.15) is 29.6 Å². The fraction of sp³-hybridized carbons (Fsp3) is 0.385. The van der Waals surface area contributed by atoms with E-state index >= 15 is 0 Å². The Morgan fingerprint density at radius 2 is 2.00 bits per heavy atom. The van der Waals surface area contributed by atoms with Crippen LogP contribution in [0.4, 0.5) is 8.78 Å². The molecule has 1 aromatic carbocycles. The van der Waals surface area contributed by atoms with Gasteiger partial charge in [-0.2, -0.15) is 5.26 Å². The minimum Gasteiger partial charge on any atom is -0.334 e. The van der Waals surface area contributed by atoms with E-state index < -0.39 is 23.1 Å². The minimum atomic E-state index is -0.889. The lowest BCUT2D eigenvalue weighted by molar-refractivity contribution is 0.0737. The van der Waals surface area contributed by atoms with Gasteiger partial charge in [0.25, 0.3) is 5.91 Å². The van der Waals surface area contributed by atoms with Crippen molar-refractivity contribution in [3.05, 3.63) is 33.8 Å². The van der Waals surface area contributed by atoms with Gasteiger partial charge in [-0.3, -0.25) is 4.79 Å². The molecule has 0 radical (unpaired) electrons. The second-order valence-corrected chi connectivity index (χ2v) is 5.30. The van der Waals surface area contributed by atoms with Crippen molar-refractivity contribution >= 4 is 21.8 Å². The van der Waals surface area contributed by atoms with Gasteiger partial charge in [-0.1, -0.05) is 15.9 Å². The summed E-state index contributed by atoms with van der Waals surface area (Å²) in [6.45, 7) is 0.203. The Balaban J connectivity index is 2.29. The maximum Gasteiger partial charge on any atom is 0.260 e. The van der Waals surface area contributed by atoms with Crippen molar-refractivity contribution in [2.75, 3.05) is 6.54 Å². The SMILES string of the molecule is N#CCCN(C(=O)c1c(F)cc(Br)cc1F)C1CC1. The van der Waals surface area contributed by atoms with Crippen molar-refractivity contribution in [3.63, 3.8) is 0 Å². The van der Waals surface area contributed by atoms with Crippen LogP contribution < -0.4 is 0 Å². The fourth-order valence-corrected chi connectivity index (χ4v) is 2.30. The van der Waals surface area contributed by atoms with Gasteiger partial charge in [-0.25, -0.2) is 8.78 Å². The van der Waals surface area contributed by atoms with Gasteiger partial charge in [0.05, 0.1) is 12.5 Å². The molecule has 0 saturated heterocycles. The number of nitrogens with zero attached hydrogens (tertiary/aromatic N) is 2. The Morgan fingerprint density at radius 3 is 2.47 bits per heavy atom. The van der Waals surface area contributed by atoms with E-state index in [2.05, 4.69) is 15.9 Å². The minimum absolute atomic E-state index is 0.00305. The third-order valence-electron chi connectivity index (χ3n) is 2.93. The maximum absolute atomic E-state index is 13.7. The van der Waals surface area contributed by atoms with Crippen LogP contribution in [0.3, 0.4) is 0 Å². The van der Waals surface area contributed by atoms with E-state index in [1.165, 1.54) is 4.90 Å². The number of carbonyl (C=O) groups is 1. The van der Waals surface area contributed by atoms with Crippen LogP contribution in [0.2, 0.25) is 0 Å². The number of hydrogen-bond donors (Lipinski definition) is 0. The Bertz CT molecular complexity index is 529. The average Bonchev–Trinajstić information content (AvgIpc) is 3.12. The summed E-state index contributed by atoms with van der Waals surface area (Å²) in [5.41, 5.74) is -0.548. The monoisotopic (exact) mass is 328 g/mol. The molecule has 1 aromatic rings. The molecule has 0 heterocycles. The van der Waals surface area contributed by atoms with Gasteiger partial charge in [0.2, 0.25) is 0 Å². The molecule has 0 atom stereocenters. The molecular weight excluding hydrogens is 318 g/mol.